The molecule has 0 saturated heterocycles. The summed E-state index contributed by atoms with van der Waals surface area (Å²) in [5.74, 6) is 0.398. The van der Waals surface area contributed by atoms with E-state index in [2.05, 4.69) is 5.32 Å². The second kappa shape index (κ2) is 8.35. The number of aryl methyl sites for hydroxylation is 2. The highest BCUT2D eigenvalue weighted by atomic mass is 16.5. The number of fused-ring (bicyclic) bond motifs is 1. The average molecular weight is 391 g/mol. The molecule has 1 heterocycles. The van der Waals surface area contributed by atoms with Crippen molar-refractivity contribution in [3.63, 3.8) is 0 Å². The van der Waals surface area contributed by atoms with Gasteiger partial charge in [0.1, 0.15) is 11.3 Å². The molecule has 0 atom stereocenters. The number of ketones is 1. The van der Waals surface area contributed by atoms with E-state index in [1.54, 1.807) is 36.6 Å². The minimum atomic E-state index is -0.271. The van der Waals surface area contributed by atoms with Gasteiger partial charge in [-0.3, -0.25) is 9.59 Å². The first-order chi connectivity index (χ1) is 13.8. The molecule has 0 unspecified atom stereocenters. The van der Waals surface area contributed by atoms with Gasteiger partial charge in [-0.2, -0.15) is 0 Å². The highest BCUT2D eigenvalue weighted by Gasteiger charge is 2.17. The fourth-order valence-electron chi connectivity index (χ4n) is 3.33. The summed E-state index contributed by atoms with van der Waals surface area (Å²) in [6.45, 7) is 9.76. The van der Waals surface area contributed by atoms with Crippen molar-refractivity contribution >= 4 is 33.9 Å². The van der Waals surface area contributed by atoms with Crippen LogP contribution in [0.2, 0.25) is 0 Å². The molecule has 0 aliphatic heterocycles. The number of hydrogen-bond acceptors (Lipinski definition) is 4. The van der Waals surface area contributed by atoms with Crippen LogP contribution in [-0.4, -0.2) is 18.3 Å². The van der Waals surface area contributed by atoms with Crippen LogP contribution in [0.5, 0.6) is 5.75 Å². The number of carbonyl (C=O) groups excluding carboxylic acids is 2. The molecular formula is C24H25NO4. The van der Waals surface area contributed by atoms with E-state index in [1.807, 2.05) is 33.8 Å². The predicted molar refractivity (Wildman–Crippen MR) is 116 cm³/mol. The van der Waals surface area contributed by atoms with Crippen LogP contribution in [0.3, 0.4) is 0 Å². The Kier molecular flexibility index (Phi) is 5.87. The quantitative estimate of drug-likeness (QED) is 0.433. The lowest BCUT2D eigenvalue weighted by molar-refractivity contribution is -0.111. The third-order valence-electron chi connectivity index (χ3n) is 4.84. The van der Waals surface area contributed by atoms with Gasteiger partial charge >= 0.3 is 0 Å². The first-order valence-electron chi connectivity index (χ1n) is 9.56. The van der Waals surface area contributed by atoms with Gasteiger partial charge in [-0.05, 0) is 64.0 Å². The normalized spacial score (nSPS) is 11.6. The molecule has 0 aliphatic carbocycles. The summed E-state index contributed by atoms with van der Waals surface area (Å²) in [7, 11) is 0. The van der Waals surface area contributed by atoms with E-state index < -0.39 is 0 Å². The van der Waals surface area contributed by atoms with Gasteiger partial charge in [-0.25, -0.2) is 0 Å². The number of allylic oxidation sites excluding steroid dienone is 1. The zero-order chi connectivity index (χ0) is 21.1. The molecule has 1 aromatic heterocycles. The minimum Gasteiger partial charge on any atom is -0.493 e. The van der Waals surface area contributed by atoms with Crippen LogP contribution in [0.4, 0.5) is 5.69 Å². The number of rotatable bonds is 6. The Morgan fingerprint density at radius 2 is 1.93 bits per heavy atom. The van der Waals surface area contributed by atoms with Crippen molar-refractivity contribution in [3.8, 4) is 5.75 Å². The maximum Gasteiger partial charge on any atom is 0.248 e. The van der Waals surface area contributed by atoms with Crippen molar-refractivity contribution in [2.75, 3.05) is 11.9 Å². The Morgan fingerprint density at radius 3 is 2.62 bits per heavy atom. The third-order valence-corrected chi connectivity index (χ3v) is 4.84. The Hall–Kier alpha value is -3.34. The lowest BCUT2D eigenvalue weighted by atomic mass is 9.98. The summed E-state index contributed by atoms with van der Waals surface area (Å²) in [5, 5.41) is 3.82. The summed E-state index contributed by atoms with van der Waals surface area (Å²) in [5.41, 5.74) is 5.51. The van der Waals surface area contributed by atoms with Crippen LogP contribution in [-0.2, 0) is 4.79 Å². The van der Waals surface area contributed by atoms with Crippen molar-refractivity contribution < 1.29 is 18.7 Å². The van der Waals surface area contributed by atoms with E-state index in [1.165, 1.54) is 6.92 Å². The minimum absolute atomic E-state index is 0.0477. The molecule has 150 valence electrons. The van der Waals surface area contributed by atoms with E-state index >= 15 is 0 Å². The van der Waals surface area contributed by atoms with Gasteiger partial charge in [-0.1, -0.05) is 12.1 Å². The molecule has 3 rings (SSSR count). The van der Waals surface area contributed by atoms with E-state index in [-0.39, 0.29) is 11.7 Å². The number of carbonyl (C=O) groups is 2. The van der Waals surface area contributed by atoms with Crippen LogP contribution < -0.4 is 10.1 Å². The van der Waals surface area contributed by atoms with Crippen LogP contribution in [0.1, 0.15) is 47.8 Å². The van der Waals surface area contributed by atoms with Crippen molar-refractivity contribution in [3.05, 3.63) is 64.9 Å². The van der Waals surface area contributed by atoms with Crippen LogP contribution in [0.25, 0.3) is 16.5 Å². The number of Topliss-reactive ketones (excluding diaryl/α,β-unsaturated/α-hetero) is 1. The molecule has 0 saturated carbocycles. The Labute approximate surface area is 170 Å². The van der Waals surface area contributed by atoms with Crippen LogP contribution >= 0.6 is 0 Å². The number of benzene rings is 2. The molecule has 5 nitrogen and oxygen atoms in total. The molecule has 1 amide bonds. The largest absolute Gasteiger partial charge is 0.493 e. The van der Waals surface area contributed by atoms with Crippen LogP contribution in [0.15, 0.2) is 47.1 Å². The van der Waals surface area contributed by atoms with Crippen molar-refractivity contribution in [1.29, 1.82) is 0 Å². The summed E-state index contributed by atoms with van der Waals surface area (Å²) >= 11 is 0. The van der Waals surface area contributed by atoms with E-state index in [0.29, 0.717) is 17.9 Å². The number of anilines is 1. The molecule has 0 aliphatic rings. The van der Waals surface area contributed by atoms with Gasteiger partial charge in [0.2, 0.25) is 5.91 Å². The average Bonchev–Trinajstić information content (AvgIpc) is 3.05. The fraction of sp³-hybridized carbons (Fsp3) is 0.250. The highest BCUT2D eigenvalue weighted by molar-refractivity contribution is 6.05. The first kappa shape index (κ1) is 20.4. The zero-order valence-corrected chi connectivity index (χ0v) is 17.4. The van der Waals surface area contributed by atoms with Crippen molar-refractivity contribution in [1.82, 2.24) is 0 Å². The second-order valence-corrected chi connectivity index (χ2v) is 7.06. The van der Waals surface area contributed by atoms with Crippen molar-refractivity contribution in [2.24, 2.45) is 0 Å². The number of ether oxygens (including phenoxy) is 1. The topological polar surface area (TPSA) is 68.5 Å². The smallest absolute Gasteiger partial charge is 0.248 e. The molecule has 0 spiro atoms. The van der Waals surface area contributed by atoms with Gasteiger partial charge in [0.15, 0.2) is 5.78 Å². The Balaban J connectivity index is 1.96. The zero-order valence-electron chi connectivity index (χ0n) is 17.4. The summed E-state index contributed by atoms with van der Waals surface area (Å²) in [4.78, 5) is 24.1. The predicted octanol–water partition coefficient (Wildman–Crippen LogP) is 5.69. The molecule has 5 heteroatoms. The van der Waals surface area contributed by atoms with Gasteiger partial charge < -0.3 is 14.5 Å². The summed E-state index contributed by atoms with van der Waals surface area (Å²) in [6.07, 6.45) is 3.27. The van der Waals surface area contributed by atoms with Gasteiger partial charge in [-0.15, -0.1) is 0 Å². The molecule has 0 radical (unpaired) electrons. The van der Waals surface area contributed by atoms with E-state index in [9.17, 15) is 9.59 Å². The van der Waals surface area contributed by atoms with Gasteiger partial charge in [0, 0.05) is 33.8 Å². The lowest BCUT2D eigenvalue weighted by Crippen LogP contribution is -2.09. The number of furan rings is 1. The van der Waals surface area contributed by atoms with Crippen molar-refractivity contribution in [2.45, 2.75) is 34.6 Å². The molecular weight excluding hydrogens is 366 g/mol. The Morgan fingerprint density at radius 1 is 1.17 bits per heavy atom. The monoisotopic (exact) mass is 391 g/mol. The maximum absolute atomic E-state index is 12.6. The molecule has 29 heavy (non-hydrogen) atoms. The maximum atomic E-state index is 12.6. The number of amides is 1. The highest BCUT2D eigenvalue weighted by Crippen LogP contribution is 2.37. The molecule has 0 fully saturated rings. The summed E-state index contributed by atoms with van der Waals surface area (Å²) in [6, 6.07) is 8.89. The van der Waals surface area contributed by atoms with E-state index in [4.69, 9.17) is 9.15 Å². The third kappa shape index (κ3) is 4.24. The van der Waals surface area contributed by atoms with Gasteiger partial charge in [0.05, 0.1) is 12.9 Å². The second-order valence-electron chi connectivity index (χ2n) is 7.06. The standard InChI is InChI=1S/C24H25NO4/c1-6-28-23-16(4)24-21(15(3)13-29-24)12-20(23)14(2)10-22(27)25-19-9-7-8-18(11-19)17(5)26/h7-13H,6H2,1-5H3,(H,25,27)/b14-10+. The molecule has 0 bridgehead atoms. The summed E-state index contributed by atoms with van der Waals surface area (Å²) < 4.78 is 11.6. The Bertz CT molecular complexity index is 1120. The first-order valence-corrected chi connectivity index (χ1v) is 9.56. The molecule has 2 aromatic carbocycles. The lowest BCUT2D eigenvalue weighted by Gasteiger charge is -2.14. The van der Waals surface area contributed by atoms with Gasteiger partial charge in [0.25, 0.3) is 0 Å². The fourth-order valence-corrected chi connectivity index (χ4v) is 3.33. The SMILES string of the molecule is CCOc1c(/C(C)=C/C(=O)Nc2cccc(C(C)=O)c2)cc2c(C)coc2c1C. The van der Waals surface area contributed by atoms with E-state index in [0.717, 1.165) is 39.0 Å². The molecule has 3 aromatic rings. The number of hydrogen-bond donors (Lipinski definition) is 1. The van der Waals surface area contributed by atoms with Crippen LogP contribution in [0, 0.1) is 13.8 Å². The number of nitrogens with one attached hydrogen (secondary N) is 1. The molecule has 1 N–H and O–H groups in total.